The number of aromatic carboxylic acids is 1. The maximum absolute atomic E-state index is 14.4. The number of carboxylic acid groups (broad SMARTS) is 2. The van der Waals surface area contributed by atoms with Gasteiger partial charge in [0.05, 0.1) is 24.9 Å². The summed E-state index contributed by atoms with van der Waals surface area (Å²) >= 11 is 0. The number of carbonyl (C=O) groups excluding carboxylic acids is 1. The van der Waals surface area contributed by atoms with Gasteiger partial charge in [-0.2, -0.15) is 13.2 Å². The second-order valence-corrected chi connectivity index (χ2v) is 13.0. The molecule has 2 bridgehead atoms. The normalized spacial score (nSPS) is 21.2. The van der Waals surface area contributed by atoms with Gasteiger partial charge in [0.25, 0.3) is 5.91 Å². The van der Waals surface area contributed by atoms with E-state index in [4.69, 9.17) is 14.6 Å². The highest BCUT2D eigenvalue weighted by molar-refractivity contribution is 6.04. The number of amides is 1. The lowest BCUT2D eigenvalue weighted by atomic mass is 9.81. The quantitative estimate of drug-likeness (QED) is 0.335. The van der Waals surface area contributed by atoms with Crippen molar-refractivity contribution in [1.29, 1.82) is 0 Å². The second kappa shape index (κ2) is 12.7. The van der Waals surface area contributed by atoms with Gasteiger partial charge < -0.3 is 29.3 Å². The zero-order valence-electron chi connectivity index (χ0n) is 26.3. The number of likely N-dealkylation sites (N-methyl/N-ethyl adjacent to an activating group) is 1. The number of alkyl halides is 3. The Kier molecular flexibility index (Phi) is 8.82. The molecule has 12 heteroatoms. The van der Waals surface area contributed by atoms with Crippen molar-refractivity contribution < 1.29 is 42.5 Å². The van der Waals surface area contributed by atoms with E-state index in [1.54, 1.807) is 13.2 Å². The van der Waals surface area contributed by atoms with Crippen LogP contribution in [-0.2, 0) is 16.1 Å². The van der Waals surface area contributed by atoms with Crippen molar-refractivity contribution in [2.75, 3.05) is 27.2 Å². The van der Waals surface area contributed by atoms with Crippen LogP contribution >= 0.6 is 0 Å². The van der Waals surface area contributed by atoms with Crippen LogP contribution in [0.4, 0.5) is 13.2 Å². The molecule has 2 atom stereocenters. The third kappa shape index (κ3) is 6.22. The number of rotatable bonds is 4. The number of hydrogen-bond acceptors (Lipinski definition) is 5. The number of aliphatic carboxylic acids is 1. The number of methoxy groups -OCH3 is 1. The summed E-state index contributed by atoms with van der Waals surface area (Å²) in [6, 6.07) is 12.2. The highest BCUT2D eigenvalue weighted by Gasteiger charge is 2.43. The summed E-state index contributed by atoms with van der Waals surface area (Å²) in [5.74, 6) is -2.41. The van der Waals surface area contributed by atoms with Crippen LogP contribution in [0.15, 0.2) is 42.0 Å². The van der Waals surface area contributed by atoms with Crippen LogP contribution in [0.1, 0.15) is 72.3 Å². The van der Waals surface area contributed by atoms with E-state index in [0.717, 1.165) is 77.8 Å². The Labute approximate surface area is 270 Å². The lowest BCUT2D eigenvalue weighted by Crippen LogP contribution is -2.55. The van der Waals surface area contributed by atoms with Gasteiger partial charge >= 0.3 is 18.1 Å². The number of fused-ring (bicyclic) bond motifs is 7. The summed E-state index contributed by atoms with van der Waals surface area (Å²) < 4.78 is 39.6. The summed E-state index contributed by atoms with van der Waals surface area (Å²) in [5, 5.41) is 18.1. The molecule has 2 N–H and O–H groups in total. The van der Waals surface area contributed by atoms with Gasteiger partial charge in [0.1, 0.15) is 5.75 Å². The second-order valence-electron chi connectivity index (χ2n) is 13.0. The molecule has 2 unspecified atom stereocenters. The molecule has 1 aromatic heterocycles. The van der Waals surface area contributed by atoms with Crippen LogP contribution < -0.4 is 4.74 Å². The minimum Gasteiger partial charge on any atom is -0.497 e. The molecule has 1 amide bonds. The molecule has 47 heavy (non-hydrogen) atoms. The van der Waals surface area contributed by atoms with E-state index in [9.17, 15) is 27.9 Å². The van der Waals surface area contributed by atoms with Crippen molar-refractivity contribution in [2.24, 2.45) is 0 Å². The van der Waals surface area contributed by atoms with Gasteiger partial charge in [-0.15, -0.1) is 0 Å². The van der Waals surface area contributed by atoms with E-state index in [-0.39, 0.29) is 23.6 Å². The first kappa shape index (κ1) is 32.6. The fraction of sp³-hybridized carbons (Fsp3) is 0.457. The van der Waals surface area contributed by atoms with Crippen LogP contribution in [-0.4, -0.2) is 87.9 Å². The first-order valence-electron chi connectivity index (χ1n) is 16.0. The Balaban J connectivity index is 0.000000499. The standard InChI is InChI=1S/C33H37N3O4.C2HF3O2/c1-34-18-24-9-10-25(19-34)36(24)32(37)23-14-22-15-26(40-2)11-13-27(22)31-30(20-6-4-3-5-7-20)28-12-8-21(33(38)39)16-29(28)35(31)17-23;3-2(4,5)1(6)7/h8,11-16,20,24-25H,3-7,9-10,17-19H2,1-2H3,(H,38,39);(H,6,7). The van der Waals surface area contributed by atoms with Crippen molar-refractivity contribution in [3.05, 3.63) is 58.7 Å². The van der Waals surface area contributed by atoms with Crippen LogP contribution in [0.3, 0.4) is 0 Å². The number of carbonyl (C=O) groups is 3. The molecule has 3 aliphatic heterocycles. The number of piperazine rings is 1. The highest BCUT2D eigenvalue weighted by atomic mass is 19.4. The first-order chi connectivity index (χ1) is 22.4. The van der Waals surface area contributed by atoms with Gasteiger partial charge in [-0.05, 0) is 86.2 Å². The maximum Gasteiger partial charge on any atom is 0.490 e. The zero-order chi connectivity index (χ0) is 33.6. The lowest BCUT2D eigenvalue weighted by Gasteiger charge is -2.40. The lowest BCUT2D eigenvalue weighted by molar-refractivity contribution is -0.192. The molecule has 2 aromatic carbocycles. The zero-order valence-corrected chi connectivity index (χ0v) is 26.3. The molecular formula is C35H38F3N3O6. The molecule has 0 radical (unpaired) electrons. The molecular weight excluding hydrogens is 615 g/mol. The molecule has 2 saturated heterocycles. The van der Waals surface area contributed by atoms with E-state index in [0.29, 0.717) is 12.5 Å². The molecule has 1 aliphatic carbocycles. The molecule has 3 aromatic rings. The Morgan fingerprint density at radius 1 is 0.915 bits per heavy atom. The summed E-state index contributed by atoms with van der Waals surface area (Å²) in [5.41, 5.74) is 6.43. The first-order valence-corrected chi connectivity index (χ1v) is 16.0. The van der Waals surface area contributed by atoms with Gasteiger partial charge in [0.15, 0.2) is 0 Å². The van der Waals surface area contributed by atoms with E-state index in [2.05, 4.69) is 33.6 Å². The fourth-order valence-electron chi connectivity index (χ4n) is 7.92. The van der Waals surface area contributed by atoms with Gasteiger partial charge in [-0.25, -0.2) is 9.59 Å². The number of halogens is 3. The third-order valence-electron chi connectivity index (χ3n) is 9.95. The SMILES string of the molecule is COc1ccc2c(c1)C=C(C(=O)N1C3CCC1CN(C)C3)Cn1c-2c(C2CCCCC2)c2ccc(C(=O)O)cc21.O=C(O)C(F)(F)F. The summed E-state index contributed by atoms with van der Waals surface area (Å²) in [4.78, 5) is 39.8. The number of ether oxygens (including phenoxy) is 1. The van der Waals surface area contributed by atoms with Gasteiger partial charge in [-0.1, -0.05) is 25.3 Å². The third-order valence-corrected chi connectivity index (χ3v) is 9.95. The Bertz CT molecular complexity index is 1740. The minimum absolute atomic E-state index is 0.109. The Morgan fingerprint density at radius 2 is 1.57 bits per heavy atom. The van der Waals surface area contributed by atoms with E-state index in [1.807, 2.05) is 24.3 Å². The maximum atomic E-state index is 14.4. The van der Waals surface area contributed by atoms with Crippen molar-refractivity contribution in [2.45, 2.75) is 75.7 Å². The molecule has 9 nitrogen and oxygen atoms in total. The average Bonchev–Trinajstić information content (AvgIpc) is 3.43. The van der Waals surface area contributed by atoms with Crippen molar-refractivity contribution in [3.8, 4) is 17.0 Å². The van der Waals surface area contributed by atoms with Crippen molar-refractivity contribution in [1.82, 2.24) is 14.4 Å². The van der Waals surface area contributed by atoms with Crippen molar-refractivity contribution >= 4 is 34.8 Å². The molecule has 1 saturated carbocycles. The molecule has 250 valence electrons. The van der Waals surface area contributed by atoms with Crippen molar-refractivity contribution in [3.63, 3.8) is 0 Å². The smallest absolute Gasteiger partial charge is 0.490 e. The monoisotopic (exact) mass is 653 g/mol. The molecule has 7 rings (SSSR count). The fourth-order valence-corrected chi connectivity index (χ4v) is 7.92. The summed E-state index contributed by atoms with van der Waals surface area (Å²) in [6.07, 6.45) is 5.00. The minimum atomic E-state index is -5.08. The van der Waals surface area contributed by atoms with E-state index >= 15 is 0 Å². The number of likely N-dealkylation sites (tertiary alicyclic amines) is 1. The number of carboxylic acids is 2. The predicted molar refractivity (Wildman–Crippen MR) is 170 cm³/mol. The Morgan fingerprint density at radius 3 is 2.17 bits per heavy atom. The number of benzene rings is 2. The molecule has 4 aliphatic rings. The molecule has 4 heterocycles. The highest BCUT2D eigenvalue weighted by Crippen LogP contribution is 2.47. The summed E-state index contributed by atoms with van der Waals surface area (Å²) in [7, 11) is 3.82. The molecule has 3 fully saturated rings. The van der Waals surface area contributed by atoms with Gasteiger partial charge in [-0.3, -0.25) is 4.79 Å². The Hall–Kier alpha value is -4.32. The number of aromatic nitrogens is 1. The van der Waals surface area contributed by atoms with Gasteiger partial charge in [0.2, 0.25) is 0 Å². The van der Waals surface area contributed by atoms with Crippen LogP contribution in [0.25, 0.3) is 28.2 Å². The van der Waals surface area contributed by atoms with E-state index < -0.39 is 18.1 Å². The number of nitrogens with zero attached hydrogens (tertiary/aromatic N) is 3. The van der Waals surface area contributed by atoms with Crippen LogP contribution in [0.5, 0.6) is 5.75 Å². The molecule has 0 spiro atoms. The van der Waals surface area contributed by atoms with E-state index in [1.165, 1.54) is 24.8 Å². The van der Waals surface area contributed by atoms with Crippen LogP contribution in [0.2, 0.25) is 0 Å². The van der Waals surface area contributed by atoms with Crippen LogP contribution in [0, 0.1) is 0 Å². The topological polar surface area (TPSA) is 112 Å². The average molecular weight is 654 g/mol. The summed E-state index contributed by atoms with van der Waals surface area (Å²) in [6.45, 7) is 2.24. The largest absolute Gasteiger partial charge is 0.497 e. The van der Waals surface area contributed by atoms with Gasteiger partial charge in [0, 0.05) is 47.2 Å². The predicted octanol–water partition coefficient (Wildman–Crippen LogP) is 6.40. The number of hydrogen-bond donors (Lipinski definition) is 2.